The lowest BCUT2D eigenvalue weighted by molar-refractivity contribution is -0.126. The van der Waals surface area contributed by atoms with Crippen LogP contribution in [0.4, 0.5) is 5.69 Å². The molecule has 1 saturated heterocycles. The summed E-state index contributed by atoms with van der Waals surface area (Å²) in [5.74, 6) is 0.483. The minimum atomic E-state index is -0.369. The average molecular weight is 294 g/mol. The second-order valence-electron chi connectivity index (χ2n) is 4.78. The van der Waals surface area contributed by atoms with Gasteiger partial charge in [0.25, 0.3) is 5.91 Å². The molecule has 1 amide bonds. The largest absolute Gasteiger partial charge is 0.486 e. The van der Waals surface area contributed by atoms with E-state index in [9.17, 15) is 4.79 Å². The van der Waals surface area contributed by atoms with Crippen LogP contribution in [0.15, 0.2) is 24.3 Å². The van der Waals surface area contributed by atoms with Gasteiger partial charge < -0.3 is 20.5 Å². The highest BCUT2D eigenvalue weighted by Gasteiger charge is 2.28. The second kappa shape index (κ2) is 6.67. The van der Waals surface area contributed by atoms with Crippen LogP contribution in [0.2, 0.25) is 0 Å². The number of thiocarbonyl (C=S) groups is 1. The number of nitrogens with one attached hydrogen (secondary N) is 1. The lowest BCUT2D eigenvalue weighted by atomic mass is 10.2. The molecule has 1 fully saturated rings. The van der Waals surface area contributed by atoms with E-state index in [-0.39, 0.29) is 29.7 Å². The summed E-state index contributed by atoms with van der Waals surface area (Å²) >= 11 is 4.75. The number of carbonyl (C=O) groups excluding carboxylic acids is 1. The first-order valence-corrected chi connectivity index (χ1v) is 6.93. The minimum absolute atomic E-state index is 0.124. The number of hydrogen-bond acceptors (Lipinski definition) is 4. The number of hydrogen-bond donors (Lipinski definition) is 2. The third-order valence-electron chi connectivity index (χ3n) is 3.01. The van der Waals surface area contributed by atoms with Gasteiger partial charge in [-0.05, 0) is 31.9 Å². The fourth-order valence-electron chi connectivity index (χ4n) is 2.04. The van der Waals surface area contributed by atoms with Crippen molar-refractivity contribution in [3.05, 3.63) is 24.3 Å². The molecule has 6 heteroatoms. The molecule has 0 spiro atoms. The quantitative estimate of drug-likeness (QED) is 0.811. The fourth-order valence-corrected chi connectivity index (χ4v) is 2.10. The summed E-state index contributed by atoms with van der Waals surface area (Å²) in [7, 11) is 0. The van der Waals surface area contributed by atoms with E-state index in [2.05, 4.69) is 5.32 Å². The van der Waals surface area contributed by atoms with Crippen molar-refractivity contribution in [1.29, 1.82) is 0 Å². The zero-order valence-electron chi connectivity index (χ0n) is 11.3. The third-order valence-corrected chi connectivity index (χ3v) is 3.12. The molecule has 1 aromatic rings. The maximum atomic E-state index is 12.0. The van der Waals surface area contributed by atoms with Gasteiger partial charge in [0.1, 0.15) is 23.4 Å². The van der Waals surface area contributed by atoms with Crippen molar-refractivity contribution >= 4 is 28.8 Å². The Morgan fingerprint density at radius 2 is 2.35 bits per heavy atom. The predicted molar refractivity (Wildman–Crippen MR) is 80.9 cm³/mol. The van der Waals surface area contributed by atoms with Crippen LogP contribution < -0.4 is 15.8 Å². The summed E-state index contributed by atoms with van der Waals surface area (Å²) in [5, 5.41) is 2.82. The van der Waals surface area contributed by atoms with Gasteiger partial charge in [-0.25, -0.2) is 0 Å². The molecule has 2 atom stereocenters. The molecule has 20 heavy (non-hydrogen) atoms. The molecule has 1 heterocycles. The molecule has 108 valence electrons. The van der Waals surface area contributed by atoms with Crippen LogP contribution >= 0.6 is 12.2 Å². The fraction of sp³-hybridized carbons (Fsp3) is 0.429. The molecular formula is C14H18N2O3S. The van der Waals surface area contributed by atoms with Crippen LogP contribution in [-0.4, -0.2) is 29.7 Å². The van der Waals surface area contributed by atoms with Gasteiger partial charge in [-0.15, -0.1) is 0 Å². The highest BCUT2D eigenvalue weighted by atomic mass is 32.1. The van der Waals surface area contributed by atoms with Crippen LogP contribution in [0.5, 0.6) is 5.75 Å². The molecular weight excluding hydrogens is 276 g/mol. The van der Waals surface area contributed by atoms with Crippen molar-refractivity contribution in [3.8, 4) is 5.75 Å². The van der Waals surface area contributed by atoms with Gasteiger partial charge in [-0.2, -0.15) is 0 Å². The number of rotatable bonds is 5. The summed E-state index contributed by atoms with van der Waals surface area (Å²) < 4.78 is 10.9. The van der Waals surface area contributed by atoms with Gasteiger partial charge in [-0.1, -0.05) is 18.3 Å². The number of carbonyl (C=O) groups is 1. The maximum Gasteiger partial charge on any atom is 0.253 e. The standard InChI is InChI=1S/C14H18N2O3S/c1-9-5-6-12(19-9)14(17)16-10-3-2-4-11(7-10)18-8-13(15)20/h2-4,7,9,12H,5-6,8H2,1H3,(H2,15,20)(H,16,17). The summed E-state index contributed by atoms with van der Waals surface area (Å²) in [4.78, 5) is 12.3. The zero-order chi connectivity index (χ0) is 14.5. The Bertz CT molecular complexity index is 507. The minimum Gasteiger partial charge on any atom is -0.486 e. The molecule has 0 saturated carbocycles. The van der Waals surface area contributed by atoms with Gasteiger partial charge in [0.2, 0.25) is 0 Å². The van der Waals surface area contributed by atoms with Crippen molar-refractivity contribution in [2.45, 2.75) is 32.0 Å². The van der Waals surface area contributed by atoms with E-state index in [1.807, 2.05) is 6.92 Å². The van der Waals surface area contributed by atoms with E-state index < -0.39 is 0 Å². The third kappa shape index (κ3) is 4.18. The Kier molecular flexibility index (Phi) is 4.92. The number of benzene rings is 1. The van der Waals surface area contributed by atoms with Gasteiger partial charge in [-0.3, -0.25) is 4.79 Å². The summed E-state index contributed by atoms with van der Waals surface area (Å²) in [5.41, 5.74) is 6.04. The van der Waals surface area contributed by atoms with E-state index in [4.69, 9.17) is 27.4 Å². The Morgan fingerprint density at radius 1 is 1.55 bits per heavy atom. The molecule has 1 aliphatic rings. The topological polar surface area (TPSA) is 73.6 Å². The van der Waals surface area contributed by atoms with Gasteiger partial charge in [0, 0.05) is 11.8 Å². The van der Waals surface area contributed by atoms with E-state index in [1.165, 1.54) is 0 Å². The second-order valence-corrected chi connectivity index (χ2v) is 5.31. The van der Waals surface area contributed by atoms with Crippen LogP contribution in [0.1, 0.15) is 19.8 Å². The number of amides is 1. The van der Waals surface area contributed by atoms with Gasteiger partial charge in [0.15, 0.2) is 0 Å². The molecule has 0 aliphatic carbocycles. The Morgan fingerprint density at radius 3 is 3.00 bits per heavy atom. The van der Waals surface area contributed by atoms with Crippen molar-refractivity contribution in [2.75, 3.05) is 11.9 Å². The highest BCUT2D eigenvalue weighted by Crippen LogP contribution is 2.22. The van der Waals surface area contributed by atoms with Gasteiger partial charge >= 0.3 is 0 Å². The summed E-state index contributed by atoms with van der Waals surface area (Å²) in [6.07, 6.45) is 1.44. The normalized spacial score (nSPS) is 21.4. The lowest BCUT2D eigenvalue weighted by Crippen LogP contribution is -2.27. The van der Waals surface area contributed by atoms with Crippen LogP contribution in [-0.2, 0) is 9.53 Å². The van der Waals surface area contributed by atoms with E-state index in [1.54, 1.807) is 24.3 Å². The van der Waals surface area contributed by atoms with Crippen LogP contribution in [0.3, 0.4) is 0 Å². The van der Waals surface area contributed by atoms with E-state index in [0.29, 0.717) is 11.4 Å². The van der Waals surface area contributed by atoms with Gasteiger partial charge in [0.05, 0.1) is 6.10 Å². The van der Waals surface area contributed by atoms with Crippen molar-refractivity contribution in [1.82, 2.24) is 0 Å². The lowest BCUT2D eigenvalue weighted by Gasteiger charge is -2.12. The zero-order valence-corrected chi connectivity index (χ0v) is 12.1. The monoisotopic (exact) mass is 294 g/mol. The van der Waals surface area contributed by atoms with Crippen molar-refractivity contribution in [3.63, 3.8) is 0 Å². The maximum absolute atomic E-state index is 12.0. The first-order chi connectivity index (χ1) is 9.54. The molecule has 1 aromatic carbocycles. The molecule has 2 unspecified atom stereocenters. The number of anilines is 1. The van der Waals surface area contributed by atoms with Crippen molar-refractivity contribution in [2.24, 2.45) is 5.73 Å². The Labute approximate surface area is 123 Å². The first-order valence-electron chi connectivity index (χ1n) is 6.52. The highest BCUT2D eigenvalue weighted by molar-refractivity contribution is 7.80. The molecule has 2 rings (SSSR count). The van der Waals surface area contributed by atoms with E-state index >= 15 is 0 Å². The summed E-state index contributed by atoms with van der Waals surface area (Å²) in [6.45, 7) is 2.15. The molecule has 0 radical (unpaired) electrons. The SMILES string of the molecule is CC1CCC(C(=O)Nc2cccc(OCC(N)=S)c2)O1. The Balaban J connectivity index is 1.93. The first kappa shape index (κ1) is 14.7. The smallest absolute Gasteiger partial charge is 0.253 e. The average Bonchev–Trinajstić information content (AvgIpc) is 2.84. The van der Waals surface area contributed by atoms with E-state index in [0.717, 1.165) is 12.8 Å². The van der Waals surface area contributed by atoms with Crippen LogP contribution in [0, 0.1) is 0 Å². The number of nitrogens with two attached hydrogens (primary N) is 1. The number of ether oxygens (including phenoxy) is 2. The molecule has 0 aromatic heterocycles. The molecule has 1 aliphatic heterocycles. The van der Waals surface area contributed by atoms with Crippen LogP contribution in [0.25, 0.3) is 0 Å². The summed E-state index contributed by atoms with van der Waals surface area (Å²) in [6, 6.07) is 7.10. The predicted octanol–water partition coefficient (Wildman–Crippen LogP) is 1.86. The van der Waals surface area contributed by atoms with Crippen molar-refractivity contribution < 1.29 is 14.3 Å². The molecule has 0 bridgehead atoms. The molecule has 3 N–H and O–H groups in total. The Hall–Kier alpha value is -1.66. The molecule has 5 nitrogen and oxygen atoms in total.